The Kier molecular flexibility index (Phi) is 7.01. The third kappa shape index (κ3) is 4.41. The van der Waals surface area contributed by atoms with Gasteiger partial charge in [-0.1, -0.05) is 22.9 Å². The number of carbonyl (C=O) groups is 1. The molecule has 1 aromatic carbocycles. The summed E-state index contributed by atoms with van der Waals surface area (Å²) in [6.07, 6.45) is 1.91. The van der Waals surface area contributed by atoms with Gasteiger partial charge < -0.3 is 15.7 Å². The summed E-state index contributed by atoms with van der Waals surface area (Å²) >= 11 is 3.42. The Bertz CT molecular complexity index is 720. The molecular weight excluding hydrogens is 408 g/mol. The van der Waals surface area contributed by atoms with Gasteiger partial charge in [0, 0.05) is 30.0 Å². The van der Waals surface area contributed by atoms with Crippen LogP contribution >= 0.6 is 28.3 Å². The second-order valence-corrected chi connectivity index (χ2v) is 6.86. The van der Waals surface area contributed by atoms with Crippen LogP contribution in [-0.2, 0) is 6.42 Å². The third-order valence-electron chi connectivity index (χ3n) is 4.35. The lowest BCUT2D eigenvalue weighted by Crippen LogP contribution is -2.34. The number of β-amino-alcohol motifs (C(OH)–C–C–N with tert-alkyl or cyclic N) is 1. The molecule has 1 aliphatic rings. The van der Waals surface area contributed by atoms with E-state index < -0.39 is 6.10 Å². The topological polar surface area (TPSA) is 79.2 Å². The van der Waals surface area contributed by atoms with Crippen molar-refractivity contribution in [3.63, 3.8) is 0 Å². The van der Waals surface area contributed by atoms with E-state index in [4.69, 9.17) is 0 Å². The van der Waals surface area contributed by atoms with Crippen LogP contribution < -0.4 is 10.6 Å². The first-order valence-corrected chi connectivity index (χ1v) is 8.89. The molecule has 1 aliphatic heterocycles. The Hall–Kier alpha value is -1.41. The molecule has 0 aliphatic carbocycles. The normalized spacial score (nSPS) is 19.5. The van der Waals surface area contributed by atoms with Crippen LogP contribution in [0.1, 0.15) is 23.0 Å². The van der Waals surface area contributed by atoms with E-state index in [1.807, 2.05) is 31.2 Å². The zero-order valence-electron chi connectivity index (χ0n) is 13.9. The first kappa shape index (κ1) is 19.9. The highest BCUT2D eigenvalue weighted by molar-refractivity contribution is 9.10. The van der Waals surface area contributed by atoms with Crippen molar-refractivity contribution in [1.29, 1.82) is 0 Å². The molecule has 0 saturated carbocycles. The number of aliphatic hydroxyl groups is 1. The summed E-state index contributed by atoms with van der Waals surface area (Å²) in [5.74, 6) is -0.0881. The lowest BCUT2D eigenvalue weighted by molar-refractivity contribution is 0.0926. The fourth-order valence-corrected chi connectivity index (χ4v) is 3.22. The second kappa shape index (κ2) is 8.80. The number of nitrogens with one attached hydrogen (secondary N) is 2. The van der Waals surface area contributed by atoms with Crippen molar-refractivity contribution < 1.29 is 9.90 Å². The molecule has 0 bridgehead atoms. The van der Waals surface area contributed by atoms with E-state index in [0.717, 1.165) is 22.4 Å². The Morgan fingerprint density at radius 3 is 2.72 bits per heavy atom. The van der Waals surface area contributed by atoms with Crippen LogP contribution in [0.3, 0.4) is 0 Å². The van der Waals surface area contributed by atoms with Gasteiger partial charge in [0.05, 0.1) is 29.2 Å². The monoisotopic (exact) mass is 428 g/mol. The second-order valence-electron chi connectivity index (χ2n) is 5.94. The van der Waals surface area contributed by atoms with E-state index in [0.29, 0.717) is 25.1 Å². The van der Waals surface area contributed by atoms with Gasteiger partial charge in [-0.2, -0.15) is 5.10 Å². The van der Waals surface area contributed by atoms with Gasteiger partial charge in [0.2, 0.25) is 0 Å². The molecule has 3 N–H and O–H groups in total. The number of amides is 1. The van der Waals surface area contributed by atoms with Crippen molar-refractivity contribution in [2.75, 3.05) is 19.6 Å². The average Bonchev–Trinajstić information content (AvgIpc) is 3.19. The summed E-state index contributed by atoms with van der Waals surface area (Å²) in [6.45, 7) is 3.77. The quantitative estimate of drug-likeness (QED) is 0.678. The highest BCUT2D eigenvalue weighted by Gasteiger charge is 2.26. The first-order valence-electron chi connectivity index (χ1n) is 8.10. The summed E-state index contributed by atoms with van der Waals surface area (Å²) in [6, 6.07) is 7.81. The van der Waals surface area contributed by atoms with Gasteiger partial charge in [-0.25, -0.2) is 4.68 Å². The number of hydrogen-bond donors (Lipinski definition) is 3. The fraction of sp³-hybridized carbons (Fsp3) is 0.412. The molecule has 1 saturated heterocycles. The van der Waals surface area contributed by atoms with E-state index in [-0.39, 0.29) is 24.2 Å². The predicted octanol–water partition coefficient (Wildman–Crippen LogP) is 1.93. The van der Waals surface area contributed by atoms with Gasteiger partial charge in [0.15, 0.2) is 0 Å². The fourth-order valence-electron chi connectivity index (χ4n) is 2.96. The van der Waals surface area contributed by atoms with Crippen LogP contribution in [0.4, 0.5) is 0 Å². The van der Waals surface area contributed by atoms with Crippen molar-refractivity contribution in [3.05, 3.63) is 46.2 Å². The van der Waals surface area contributed by atoms with Gasteiger partial charge in [-0.3, -0.25) is 4.79 Å². The minimum Gasteiger partial charge on any atom is -0.391 e. The third-order valence-corrected chi connectivity index (χ3v) is 4.88. The van der Waals surface area contributed by atoms with Crippen molar-refractivity contribution in [1.82, 2.24) is 20.4 Å². The largest absolute Gasteiger partial charge is 0.391 e. The molecule has 25 heavy (non-hydrogen) atoms. The number of aliphatic hydroxyl groups excluding tert-OH is 1. The SMILES string of the molecule is CCc1c(C(=O)NCC2CNCC2O)cnn1-c1ccc(Br)cc1.Cl. The minimum absolute atomic E-state index is 0. The summed E-state index contributed by atoms with van der Waals surface area (Å²) < 4.78 is 2.80. The van der Waals surface area contributed by atoms with E-state index in [1.165, 1.54) is 0 Å². The molecule has 2 heterocycles. The Morgan fingerprint density at radius 1 is 1.40 bits per heavy atom. The number of halogens is 2. The first-order chi connectivity index (χ1) is 11.6. The Labute approximate surface area is 161 Å². The van der Waals surface area contributed by atoms with Gasteiger partial charge in [0.25, 0.3) is 5.91 Å². The molecule has 6 nitrogen and oxygen atoms in total. The van der Waals surface area contributed by atoms with E-state index in [1.54, 1.807) is 10.9 Å². The highest BCUT2D eigenvalue weighted by Crippen LogP contribution is 2.18. The molecule has 1 fully saturated rings. The van der Waals surface area contributed by atoms with Gasteiger partial charge in [-0.05, 0) is 30.7 Å². The molecule has 2 unspecified atom stereocenters. The molecular formula is C17H22BrClN4O2. The van der Waals surface area contributed by atoms with Crippen LogP contribution in [0.15, 0.2) is 34.9 Å². The number of nitrogens with zero attached hydrogens (tertiary/aromatic N) is 2. The maximum absolute atomic E-state index is 12.5. The summed E-state index contributed by atoms with van der Waals surface area (Å²) in [5, 5.41) is 20.2. The molecule has 0 radical (unpaired) electrons. The van der Waals surface area contributed by atoms with Crippen molar-refractivity contribution in [2.45, 2.75) is 19.4 Å². The molecule has 136 valence electrons. The molecule has 2 atom stereocenters. The van der Waals surface area contributed by atoms with Crippen LogP contribution in [0.2, 0.25) is 0 Å². The van der Waals surface area contributed by atoms with Gasteiger partial charge >= 0.3 is 0 Å². The molecule has 0 spiro atoms. The van der Waals surface area contributed by atoms with Crippen LogP contribution in [0.5, 0.6) is 0 Å². The number of aromatic nitrogens is 2. The van der Waals surface area contributed by atoms with Crippen molar-refractivity contribution in [2.24, 2.45) is 5.92 Å². The minimum atomic E-state index is -0.401. The number of carbonyl (C=O) groups excluding carboxylic acids is 1. The summed E-state index contributed by atoms with van der Waals surface area (Å²) in [7, 11) is 0. The highest BCUT2D eigenvalue weighted by atomic mass is 79.9. The number of benzene rings is 1. The maximum Gasteiger partial charge on any atom is 0.254 e. The lowest BCUT2D eigenvalue weighted by Gasteiger charge is -2.14. The van der Waals surface area contributed by atoms with E-state index in [9.17, 15) is 9.90 Å². The number of rotatable bonds is 5. The van der Waals surface area contributed by atoms with Crippen LogP contribution in [0.25, 0.3) is 5.69 Å². The van der Waals surface area contributed by atoms with Gasteiger partial charge in [-0.15, -0.1) is 12.4 Å². The van der Waals surface area contributed by atoms with E-state index in [2.05, 4.69) is 31.7 Å². The lowest BCUT2D eigenvalue weighted by atomic mass is 10.1. The van der Waals surface area contributed by atoms with Crippen molar-refractivity contribution >= 4 is 34.2 Å². The molecule has 3 rings (SSSR count). The molecule has 1 aromatic heterocycles. The smallest absolute Gasteiger partial charge is 0.254 e. The van der Waals surface area contributed by atoms with Crippen molar-refractivity contribution in [3.8, 4) is 5.69 Å². The maximum atomic E-state index is 12.5. The average molecular weight is 430 g/mol. The molecule has 1 amide bonds. The summed E-state index contributed by atoms with van der Waals surface area (Å²) in [5.41, 5.74) is 2.38. The Balaban J connectivity index is 0.00000225. The zero-order chi connectivity index (χ0) is 17.1. The number of hydrogen-bond acceptors (Lipinski definition) is 4. The predicted molar refractivity (Wildman–Crippen MR) is 103 cm³/mol. The zero-order valence-corrected chi connectivity index (χ0v) is 16.3. The standard InChI is InChI=1S/C17H21BrN4O2.ClH/c1-2-15-14(17(24)20-8-11-7-19-10-16(11)23)9-21-22(15)13-5-3-12(18)4-6-13;/h3-6,9,11,16,19,23H,2,7-8,10H2,1H3,(H,20,24);1H. The van der Waals surface area contributed by atoms with E-state index >= 15 is 0 Å². The molecule has 8 heteroatoms. The molecule has 2 aromatic rings. The van der Waals surface area contributed by atoms with Gasteiger partial charge in [0.1, 0.15) is 0 Å². The van der Waals surface area contributed by atoms with Crippen LogP contribution in [0, 0.1) is 5.92 Å². The van der Waals surface area contributed by atoms with Crippen LogP contribution in [-0.4, -0.2) is 46.5 Å². The Morgan fingerprint density at radius 2 is 2.12 bits per heavy atom. The summed E-state index contributed by atoms with van der Waals surface area (Å²) in [4.78, 5) is 12.5.